The second kappa shape index (κ2) is 8.02. The molecule has 2 heterocycles. The molecule has 2 amide bonds. The Labute approximate surface area is 167 Å². The summed E-state index contributed by atoms with van der Waals surface area (Å²) in [5.74, 6) is -0.399. The Morgan fingerprint density at radius 2 is 1.75 bits per heavy atom. The van der Waals surface area contributed by atoms with Crippen LogP contribution < -0.4 is 10.6 Å². The summed E-state index contributed by atoms with van der Waals surface area (Å²) in [5.41, 5.74) is 1.41. The van der Waals surface area contributed by atoms with Gasteiger partial charge >= 0.3 is 0 Å². The average Bonchev–Trinajstić information content (AvgIpc) is 3.10. The lowest BCUT2D eigenvalue weighted by molar-refractivity contribution is 0.0916. The Balaban J connectivity index is 1.61. The highest BCUT2D eigenvalue weighted by atomic mass is 35.5. The van der Waals surface area contributed by atoms with Gasteiger partial charge in [-0.3, -0.25) is 14.0 Å². The molecule has 0 unspecified atom stereocenters. The minimum atomic E-state index is -0.372. The molecule has 0 radical (unpaired) electrons. The standard InChI is InChI=1S/C21H21ClN4O2/c22-14-9-11-16(12-10-14)23-20(27)18-17-8-4-5-13-26(17)19(25-18)21(28)24-15-6-2-1-3-7-15/h4-5,8-13,15H,1-3,6-7H2,(H,23,27)(H,24,28). The predicted octanol–water partition coefficient (Wildman–Crippen LogP) is 4.30. The van der Waals surface area contributed by atoms with Crippen LogP contribution in [-0.2, 0) is 0 Å². The molecular formula is C21H21ClN4O2. The number of pyridine rings is 1. The molecule has 1 aliphatic rings. The van der Waals surface area contributed by atoms with Crippen molar-refractivity contribution in [3.63, 3.8) is 0 Å². The maximum Gasteiger partial charge on any atom is 0.287 e. The molecule has 0 atom stereocenters. The number of rotatable bonds is 4. The number of nitrogens with zero attached hydrogens (tertiary/aromatic N) is 2. The Morgan fingerprint density at radius 3 is 2.50 bits per heavy atom. The van der Waals surface area contributed by atoms with Crippen molar-refractivity contribution in [3.8, 4) is 0 Å². The molecule has 144 valence electrons. The van der Waals surface area contributed by atoms with Crippen molar-refractivity contribution >= 4 is 34.6 Å². The third kappa shape index (κ3) is 3.87. The third-order valence-electron chi connectivity index (χ3n) is 5.01. The molecule has 7 heteroatoms. The zero-order chi connectivity index (χ0) is 19.5. The second-order valence-corrected chi connectivity index (χ2v) is 7.45. The lowest BCUT2D eigenvalue weighted by Crippen LogP contribution is -2.37. The number of carbonyl (C=O) groups excluding carboxylic acids is 2. The summed E-state index contributed by atoms with van der Waals surface area (Å²) in [6, 6.07) is 12.4. The van der Waals surface area contributed by atoms with E-state index in [2.05, 4.69) is 15.6 Å². The second-order valence-electron chi connectivity index (χ2n) is 7.01. The van der Waals surface area contributed by atoms with E-state index in [1.54, 1.807) is 40.9 Å². The van der Waals surface area contributed by atoms with E-state index < -0.39 is 0 Å². The molecule has 2 aromatic heterocycles. The number of halogens is 1. The van der Waals surface area contributed by atoms with Crippen molar-refractivity contribution in [1.82, 2.24) is 14.7 Å². The number of fused-ring (bicyclic) bond motifs is 1. The number of nitrogens with one attached hydrogen (secondary N) is 2. The molecule has 0 spiro atoms. The smallest absolute Gasteiger partial charge is 0.287 e. The highest BCUT2D eigenvalue weighted by Gasteiger charge is 2.24. The highest BCUT2D eigenvalue weighted by Crippen LogP contribution is 2.20. The Hall–Kier alpha value is -2.86. The molecule has 0 aliphatic heterocycles. The van der Waals surface area contributed by atoms with Gasteiger partial charge in [-0.2, -0.15) is 0 Å². The molecule has 28 heavy (non-hydrogen) atoms. The summed E-state index contributed by atoms with van der Waals surface area (Å²) in [4.78, 5) is 30.0. The molecule has 0 saturated heterocycles. The van der Waals surface area contributed by atoms with Gasteiger partial charge in [0.05, 0.1) is 5.52 Å². The van der Waals surface area contributed by atoms with E-state index in [1.807, 2.05) is 12.1 Å². The summed E-state index contributed by atoms with van der Waals surface area (Å²) in [5, 5.41) is 6.46. The number of anilines is 1. The number of carbonyl (C=O) groups is 2. The molecule has 1 aliphatic carbocycles. The number of hydrogen-bond donors (Lipinski definition) is 2. The monoisotopic (exact) mass is 396 g/mol. The van der Waals surface area contributed by atoms with E-state index >= 15 is 0 Å². The van der Waals surface area contributed by atoms with Crippen LogP contribution >= 0.6 is 11.6 Å². The van der Waals surface area contributed by atoms with Crippen LogP contribution in [-0.4, -0.2) is 27.2 Å². The maximum atomic E-state index is 12.8. The van der Waals surface area contributed by atoms with Crippen LogP contribution in [0.2, 0.25) is 5.02 Å². The quantitative estimate of drug-likeness (QED) is 0.690. The number of benzene rings is 1. The van der Waals surface area contributed by atoms with E-state index in [1.165, 1.54) is 6.42 Å². The van der Waals surface area contributed by atoms with Crippen LogP contribution in [0.3, 0.4) is 0 Å². The van der Waals surface area contributed by atoms with E-state index in [0.29, 0.717) is 16.2 Å². The van der Waals surface area contributed by atoms with E-state index in [4.69, 9.17) is 11.6 Å². The topological polar surface area (TPSA) is 75.5 Å². The molecular weight excluding hydrogens is 376 g/mol. The molecule has 6 nitrogen and oxygen atoms in total. The molecule has 4 rings (SSSR count). The van der Waals surface area contributed by atoms with Crippen molar-refractivity contribution < 1.29 is 9.59 Å². The van der Waals surface area contributed by atoms with Crippen molar-refractivity contribution in [2.75, 3.05) is 5.32 Å². The van der Waals surface area contributed by atoms with Gasteiger partial charge in [-0.1, -0.05) is 36.9 Å². The number of imidazole rings is 1. The number of aromatic nitrogens is 2. The Bertz CT molecular complexity index is 1010. The molecule has 1 fully saturated rings. The SMILES string of the molecule is O=C(Nc1ccc(Cl)cc1)c1nc(C(=O)NC2CCCCC2)n2ccccc12. The zero-order valence-corrected chi connectivity index (χ0v) is 16.1. The highest BCUT2D eigenvalue weighted by molar-refractivity contribution is 6.30. The molecule has 1 saturated carbocycles. The van der Waals surface area contributed by atoms with Crippen molar-refractivity contribution in [2.24, 2.45) is 0 Å². The number of hydrogen-bond acceptors (Lipinski definition) is 3. The van der Waals surface area contributed by atoms with Crippen LogP contribution in [0.15, 0.2) is 48.7 Å². The number of amides is 2. The van der Waals surface area contributed by atoms with Gasteiger partial charge in [0.2, 0.25) is 5.82 Å². The molecule has 2 N–H and O–H groups in total. The average molecular weight is 397 g/mol. The Kier molecular flexibility index (Phi) is 5.30. The van der Waals surface area contributed by atoms with Crippen LogP contribution in [0.1, 0.15) is 53.2 Å². The zero-order valence-electron chi connectivity index (χ0n) is 15.3. The van der Waals surface area contributed by atoms with Gasteiger partial charge in [0, 0.05) is 22.9 Å². The van der Waals surface area contributed by atoms with Crippen LogP contribution in [0, 0.1) is 0 Å². The maximum absolute atomic E-state index is 12.8. The van der Waals surface area contributed by atoms with Gasteiger partial charge in [-0.05, 0) is 49.2 Å². The minimum Gasteiger partial charge on any atom is -0.347 e. The van der Waals surface area contributed by atoms with Crippen LogP contribution in [0.5, 0.6) is 0 Å². The van der Waals surface area contributed by atoms with Crippen molar-refractivity contribution in [2.45, 2.75) is 38.1 Å². The summed E-state index contributed by atoms with van der Waals surface area (Å²) in [7, 11) is 0. The lowest BCUT2D eigenvalue weighted by atomic mass is 9.95. The summed E-state index contributed by atoms with van der Waals surface area (Å²) in [6.45, 7) is 0. The predicted molar refractivity (Wildman–Crippen MR) is 109 cm³/mol. The van der Waals surface area contributed by atoms with Gasteiger partial charge in [-0.15, -0.1) is 0 Å². The first-order valence-corrected chi connectivity index (χ1v) is 9.84. The molecule has 3 aromatic rings. The van der Waals surface area contributed by atoms with Gasteiger partial charge in [0.25, 0.3) is 11.8 Å². The van der Waals surface area contributed by atoms with Crippen molar-refractivity contribution in [3.05, 3.63) is 65.2 Å². The Morgan fingerprint density at radius 1 is 1.00 bits per heavy atom. The van der Waals surface area contributed by atoms with Crippen LogP contribution in [0.4, 0.5) is 5.69 Å². The van der Waals surface area contributed by atoms with Gasteiger partial charge < -0.3 is 10.6 Å². The van der Waals surface area contributed by atoms with Gasteiger partial charge in [0.15, 0.2) is 5.69 Å². The van der Waals surface area contributed by atoms with Crippen LogP contribution in [0.25, 0.3) is 5.52 Å². The fourth-order valence-electron chi connectivity index (χ4n) is 3.59. The summed E-state index contributed by atoms with van der Waals surface area (Å²) in [6.07, 6.45) is 7.19. The van der Waals surface area contributed by atoms with E-state index in [0.717, 1.165) is 25.7 Å². The van der Waals surface area contributed by atoms with Gasteiger partial charge in [0.1, 0.15) is 0 Å². The summed E-state index contributed by atoms with van der Waals surface area (Å²) < 4.78 is 1.66. The first-order valence-electron chi connectivity index (χ1n) is 9.47. The fourth-order valence-corrected chi connectivity index (χ4v) is 3.71. The minimum absolute atomic E-state index is 0.170. The van der Waals surface area contributed by atoms with Gasteiger partial charge in [-0.25, -0.2) is 4.98 Å². The summed E-state index contributed by atoms with van der Waals surface area (Å²) >= 11 is 5.89. The third-order valence-corrected chi connectivity index (χ3v) is 5.26. The van der Waals surface area contributed by atoms with Crippen molar-refractivity contribution in [1.29, 1.82) is 0 Å². The first-order chi connectivity index (χ1) is 13.6. The fraction of sp³-hybridized carbons (Fsp3) is 0.286. The largest absolute Gasteiger partial charge is 0.347 e. The first kappa shape index (κ1) is 18.5. The lowest BCUT2D eigenvalue weighted by Gasteiger charge is -2.22. The van der Waals surface area contributed by atoms with E-state index in [-0.39, 0.29) is 29.4 Å². The molecule has 1 aromatic carbocycles. The normalized spacial score (nSPS) is 14.8. The van der Waals surface area contributed by atoms with E-state index in [9.17, 15) is 9.59 Å². The molecule has 0 bridgehead atoms.